The van der Waals surface area contributed by atoms with Crippen molar-refractivity contribution in [1.29, 1.82) is 0 Å². The molecule has 1 aliphatic rings. The number of nitrogens with one attached hydrogen (secondary N) is 1. The summed E-state index contributed by atoms with van der Waals surface area (Å²) in [5.74, 6) is 1.15. The standard InChI is InChI=1S/C17H14ClN3OS2/c1-10-15-16(11-5-6-23-8-11)24-9-14(22)19-17(15)21(20-10)13-4-2-3-12(18)7-13/h2-8,16H,9H2,1H3,(H,19,22)/t16-/m0/s1. The predicted molar refractivity (Wildman–Crippen MR) is 101 cm³/mol. The number of hydrogen-bond acceptors (Lipinski definition) is 4. The van der Waals surface area contributed by atoms with Crippen LogP contribution in [0.4, 0.5) is 5.82 Å². The SMILES string of the molecule is Cc1nn(-c2cccc(Cl)c2)c2c1[C@H](c1ccsc1)SCC(=O)N2. The highest BCUT2D eigenvalue weighted by molar-refractivity contribution is 8.00. The first-order valence-corrected chi connectivity index (χ1v) is 9.79. The molecular formula is C17H14ClN3OS2. The number of anilines is 1. The van der Waals surface area contributed by atoms with Crippen molar-refractivity contribution < 1.29 is 4.79 Å². The average Bonchev–Trinajstić information content (AvgIpc) is 3.14. The quantitative estimate of drug-likeness (QED) is 0.708. The Labute approximate surface area is 152 Å². The molecule has 1 amide bonds. The molecule has 7 heteroatoms. The number of aryl methyl sites for hydroxylation is 1. The van der Waals surface area contributed by atoms with E-state index in [0.29, 0.717) is 10.8 Å². The zero-order valence-corrected chi connectivity index (χ0v) is 15.2. The van der Waals surface area contributed by atoms with Crippen molar-refractivity contribution in [2.24, 2.45) is 0 Å². The minimum absolute atomic E-state index is 0.0119. The van der Waals surface area contributed by atoms with Gasteiger partial charge < -0.3 is 5.32 Å². The van der Waals surface area contributed by atoms with Crippen LogP contribution in [0.15, 0.2) is 41.1 Å². The van der Waals surface area contributed by atoms with Crippen LogP contribution in [0.5, 0.6) is 0 Å². The van der Waals surface area contributed by atoms with E-state index in [2.05, 4.69) is 27.2 Å². The van der Waals surface area contributed by atoms with Gasteiger partial charge in [-0.3, -0.25) is 4.79 Å². The highest BCUT2D eigenvalue weighted by Gasteiger charge is 2.30. The fraction of sp³-hybridized carbons (Fsp3) is 0.176. The topological polar surface area (TPSA) is 46.9 Å². The van der Waals surface area contributed by atoms with Crippen LogP contribution in [0.3, 0.4) is 0 Å². The van der Waals surface area contributed by atoms with Gasteiger partial charge in [0, 0.05) is 10.6 Å². The summed E-state index contributed by atoms with van der Waals surface area (Å²) in [4.78, 5) is 12.2. The number of thioether (sulfide) groups is 1. The van der Waals surface area contributed by atoms with Crippen LogP contribution in [-0.2, 0) is 4.79 Å². The molecule has 2 aromatic heterocycles. The molecule has 4 rings (SSSR count). The number of benzene rings is 1. The number of carbonyl (C=O) groups is 1. The maximum Gasteiger partial charge on any atom is 0.235 e. The van der Waals surface area contributed by atoms with Gasteiger partial charge in [0.2, 0.25) is 5.91 Å². The van der Waals surface area contributed by atoms with E-state index in [1.807, 2.05) is 31.2 Å². The first-order valence-electron chi connectivity index (χ1n) is 7.42. The summed E-state index contributed by atoms with van der Waals surface area (Å²) in [6.45, 7) is 1.98. The Balaban J connectivity index is 1.91. The fourth-order valence-electron chi connectivity index (χ4n) is 2.87. The summed E-state index contributed by atoms with van der Waals surface area (Å²) in [5, 5.41) is 12.6. The molecule has 0 radical (unpaired) electrons. The lowest BCUT2D eigenvalue weighted by atomic mass is 10.1. The Kier molecular flexibility index (Phi) is 4.12. The van der Waals surface area contributed by atoms with Gasteiger partial charge in [-0.2, -0.15) is 16.4 Å². The second kappa shape index (κ2) is 6.27. The Hall–Kier alpha value is -1.76. The third-order valence-electron chi connectivity index (χ3n) is 3.91. The number of aromatic nitrogens is 2. The van der Waals surface area contributed by atoms with E-state index >= 15 is 0 Å². The van der Waals surface area contributed by atoms with E-state index in [9.17, 15) is 4.79 Å². The third-order valence-corrected chi connectivity index (χ3v) is 6.11. The molecule has 0 saturated heterocycles. The van der Waals surface area contributed by atoms with Crippen molar-refractivity contribution in [3.63, 3.8) is 0 Å². The molecule has 1 aromatic carbocycles. The molecule has 122 valence electrons. The molecule has 0 spiro atoms. The molecule has 0 bridgehead atoms. The number of fused-ring (bicyclic) bond motifs is 1. The van der Waals surface area contributed by atoms with Gasteiger partial charge in [0.05, 0.1) is 22.4 Å². The van der Waals surface area contributed by atoms with Crippen LogP contribution in [0.2, 0.25) is 5.02 Å². The first-order chi connectivity index (χ1) is 11.6. The van der Waals surface area contributed by atoms with Crippen LogP contribution in [-0.4, -0.2) is 21.4 Å². The van der Waals surface area contributed by atoms with Crippen molar-refractivity contribution in [3.05, 3.63) is 62.9 Å². The molecule has 0 unspecified atom stereocenters. The van der Waals surface area contributed by atoms with Gasteiger partial charge in [-0.1, -0.05) is 17.7 Å². The summed E-state index contributed by atoms with van der Waals surface area (Å²) < 4.78 is 1.78. The van der Waals surface area contributed by atoms with E-state index < -0.39 is 0 Å². The minimum atomic E-state index is -0.0119. The van der Waals surface area contributed by atoms with E-state index in [1.54, 1.807) is 27.8 Å². The maximum absolute atomic E-state index is 12.2. The number of halogens is 1. The largest absolute Gasteiger partial charge is 0.310 e. The number of rotatable bonds is 2. The monoisotopic (exact) mass is 375 g/mol. The van der Waals surface area contributed by atoms with Crippen LogP contribution in [0.25, 0.3) is 5.69 Å². The van der Waals surface area contributed by atoms with Crippen molar-refractivity contribution in [2.45, 2.75) is 12.2 Å². The predicted octanol–water partition coefficient (Wildman–Crippen LogP) is 4.67. The molecule has 0 aliphatic carbocycles. The van der Waals surface area contributed by atoms with E-state index in [-0.39, 0.29) is 11.2 Å². The lowest BCUT2D eigenvalue weighted by Crippen LogP contribution is -2.15. The van der Waals surface area contributed by atoms with Crippen molar-refractivity contribution in [1.82, 2.24) is 9.78 Å². The van der Waals surface area contributed by atoms with Crippen LogP contribution >= 0.6 is 34.7 Å². The van der Waals surface area contributed by atoms with Gasteiger partial charge >= 0.3 is 0 Å². The molecule has 1 atom stereocenters. The molecule has 3 heterocycles. The summed E-state index contributed by atoms with van der Waals surface area (Å²) in [6, 6.07) is 9.59. The number of thiophene rings is 1. The third kappa shape index (κ3) is 2.75. The highest BCUT2D eigenvalue weighted by atomic mass is 35.5. The molecule has 4 nitrogen and oxygen atoms in total. The highest BCUT2D eigenvalue weighted by Crippen LogP contribution is 2.44. The zero-order chi connectivity index (χ0) is 16.7. The lowest BCUT2D eigenvalue weighted by Gasteiger charge is -2.13. The summed E-state index contributed by atoms with van der Waals surface area (Å²) in [5.41, 5.74) is 4.01. The lowest BCUT2D eigenvalue weighted by molar-refractivity contribution is -0.113. The van der Waals surface area contributed by atoms with E-state index in [1.165, 1.54) is 5.56 Å². The van der Waals surface area contributed by atoms with E-state index in [0.717, 1.165) is 22.8 Å². The number of carbonyl (C=O) groups excluding carboxylic acids is 1. The molecule has 0 saturated carbocycles. The van der Waals surface area contributed by atoms with Gasteiger partial charge in [-0.15, -0.1) is 11.8 Å². The van der Waals surface area contributed by atoms with Gasteiger partial charge in [-0.05, 0) is 47.5 Å². The molecule has 3 aromatic rings. The smallest absolute Gasteiger partial charge is 0.235 e. The van der Waals surface area contributed by atoms with Crippen molar-refractivity contribution >= 4 is 46.4 Å². The number of hydrogen-bond donors (Lipinski definition) is 1. The number of amides is 1. The van der Waals surface area contributed by atoms with Crippen LogP contribution < -0.4 is 5.32 Å². The molecule has 24 heavy (non-hydrogen) atoms. The van der Waals surface area contributed by atoms with E-state index in [4.69, 9.17) is 11.6 Å². The van der Waals surface area contributed by atoms with Crippen LogP contribution in [0, 0.1) is 6.92 Å². The zero-order valence-electron chi connectivity index (χ0n) is 12.8. The molecule has 0 fully saturated rings. The second-order valence-electron chi connectivity index (χ2n) is 5.54. The second-order valence-corrected chi connectivity index (χ2v) is 7.85. The fourth-order valence-corrected chi connectivity index (χ4v) is 5.00. The molecule has 1 aliphatic heterocycles. The average molecular weight is 376 g/mol. The minimum Gasteiger partial charge on any atom is -0.310 e. The Morgan fingerprint density at radius 3 is 3.00 bits per heavy atom. The Bertz CT molecular complexity index is 905. The molecule has 1 N–H and O–H groups in total. The van der Waals surface area contributed by atoms with Gasteiger partial charge in [0.1, 0.15) is 5.82 Å². The first kappa shape index (κ1) is 15.7. The summed E-state index contributed by atoms with van der Waals surface area (Å²) in [6.07, 6.45) is 0. The van der Waals surface area contributed by atoms with Crippen molar-refractivity contribution in [2.75, 3.05) is 11.1 Å². The molecular weight excluding hydrogens is 362 g/mol. The normalized spacial score (nSPS) is 17.2. The summed E-state index contributed by atoms with van der Waals surface area (Å²) >= 11 is 9.42. The van der Waals surface area contributed by atoms with Gasteiger partial charge in [-0.25, -0.2) is 4.68 Å². The number of nitrogens with zero attached hydrogens (tertiary/aromatic N) is 2. The Morgan fingerprint density at radius 2 is 2.25 bits per heavy atom. The Morgan fingerprint density at radius 1 is 1.38 bits per heavy atom. The van der Waals surface area contributed by atoms with Crippen LogP contribution in [0.1, 0.15) is 22.1 Å². The van der Waals surface area contributed by atoms with Crippen molar-refractivity contribution in [3.8, 4) is 5.69 Å². The summed E-state index contributed by atoms with van der Waals surface area (Å²) in [7, 11) is 0. The van der Waals surface area contributed by atoms with Gasteiger partial charge in [0.25, 0.3) is 0 Å². The maximum atomic E-state index is 12.2. The van der Waals surface area contributed by atoms with Gasteiger partial charge in [0.15, 0.2) is 0 Å².